The summed E-state index contributed by atoms with van der Waals surface area (Å²) in [5.74, 6) is -0.395. The van der Waals surface area contributed by atoms with E-state index in [-0.39, 0.29) is 11.6 Å². The van der Waals surface area contributed by atoms with Crippen LogP contribution in [0.5, 0.6) is 0 Å². The molecule has 0 saturated carbocycles. The molecule has 0 fully saturated rings. The lowest BCUT2D eigenvalue weighted by Gasteiger charge is -1.99. The van der Waals surface area contributed by atoms with Crippen molar-refractivity contribution in [2.75, 3.05) is 0 Å². The fraction of sp³-hybridized carbons (Fsp3) is 0. The summed E-state index contributed by atoms with van der Waals surface area (Å²) < 4.78 is 25.6. The normalized spacial score (nSPS) is 9.67. The van der Waals surface area contributed by atoms with Crippen LogP contribution in [0.25, 0.3) is 11.1 Å². The van der Waals surface area contributed by atoms with Gasteiger partial charge in [0.1, 0.15) is 11.6 Å². The Morgan fingerprint density at radius 2 is 0.952 bits per heavy atom. The molecule has 0 atom stereocenters. The van der Waals surface area contributed by atoms with Gasteiger partial charge < -0.3 is 0 Å². The standard InChI is InChI=1S/C12H9F.C6H4BrF/c13-12-8-6-11(7-9-12)10-4-2-1-3-5-10;7-5-1-3-6(8)4-2-5/h1-9H;1-4H. The maximum atomic E-state index is 12.6. The van der Waals surface area contributed by atoms with Crippen LogP contribution in [0.3, 0.4) is 0 Å². The zero-order chi connectivity index (χ0) is 15.1. The van der Waals surface area contributed by atoms with Crippen molar-refractivity contribution in [2.45, 2.75) is 0 Å². The Morgan fingerprint density at radius 3 is 1.43 bits per heavy atom. The molecule has 3 aromatic carbocycles. The van der Waals surface area contributed by atoms with E-state index in [0.29, 0.717) is 0 Å². The van der Waals surface area contributed by atoms with Crippen LogP contribution in [0.4, 0.5) is 8.78 Å². The summed E-state index contributed by atoms with van der Waals surface area (Å²) in [7, 11) is 0. The number of halogens is 3. The molecule has 3 heteroatoms. The molecular weight excluding hydrogens is 334 g/mol. The molecule has 0 aliphatic rings. The van der Waals surface area contributed by atoms with Gasteiger partial charge in [-0.1, -0.05) is 58.4 Å². The summed E-state index contributed by atoms with van der Waals surface area (Å²) in [4.78, 5) is 0. The van der Waals surface area contributed by atoms with Crippen LogP contribution >= 0.6 is 15.9 Å². The van der Waals surface area contributed by atoms with Gasteiger partial charge in [-0.15, -0.1) is 0 Å². The number of benzene rings is 3. The fourth-order valence-corrected chi connectivity index (χ4v) is 1.97. The molecule has 21 heavy (non-hydrogen) atoms. The van der Waals surface area contributed by atoms with E-state index in [9.17, 15) is 8.78 Å². The smallest absolute Gasteiger partial charge is 0.123 e. The van der Waals surface area contributed by atoms with Gasteiger partial charge in [0, 0.05) is 4.47 Å². The van der Waals surface area contributed by atoms with E-state index in [1.807, 2.05) is 30.3 Å². The van der Waals surface area contributed by atoms with E-state index in [4.69, 9.17) is 0 Å². The Morgan fingerprint density at radius 1 is 0.524 bits per heavy atom. The fourth-order valence-electron chi connectivity index (χ4n) is 1.70. The Hall–Kier alpha value is -2.00. The van der Waals surface area contributed by atoms with Crippen molar-refractivity contribution in [2.24, 2.45) is 0 Å². The Balaban J connectivity index is 0.000000173. The van der Waals surface area contributed by atoms with Crippen LogP contribution in [0, 0.1) is 11.6 Å². The highest BCUT2D eigenvalue weighted by Crippen LogP contribution is 2.18. The average molecular weight is 347 g/mol. The predicted octanol–water partition coefficient (Wildman–Crippen LogP) is 6.08. The van der Waals surface area contributed by atoms with Crippen LogP contribution in [-0.4, -0.2) is 0 Å². The lowest BCUT2D eigenvalue weighted by atomic mass is 10.1. The molecule has 3 aromatic rings. The minimum atomic E-state index is -0.201. The van der Waals surface area contributed by atoms with Crippen molar-refractivity contribution in [1.82, 2.24) is 0 Å². The van der Waals surface area contributed by atoms with Gasteiger partial charge in [0.2, 0.25) is 0 Å². The summed E-state index contributed by atoms with van der Waals surface area (Å²) in [6, 6.07) is 22.6. The maximum absolute atomic E-state index is 12.6. The zero-order valence-electron chi connectivity index (χ0n) is 11.1. The molecule has 0 aliphatic heterocycles. The van der Waals surface area contributed by atoms with Crippen LogP contribution in [0.1, 0.15) is 0 Å². The Kier molecular flexibility index (Phi) is 5.64. The minimum Gasteiger partial charge on any atom is -0.207 e. The molecule has 0 aliphatic carbocycles. The first-order valence-corrected chi connectivity index (χ1v) is 7.16. The lowest BCUT2D eigenvalue weighted by molar-refractivity contribution is 0.627. The first-order chi connectivity index (χ1) is 10.1. The second-order valence-corrected chi connectivity index (χ2v) is 5.23. The van der Waals surface area contributed by atoms with Gasteiger partial charge in [0.25, 0.3) is 0 Å². The van der Waals surface area contributed by atoms with Gasteiger partial charge in [0.05, 0.1) is 0 Å². The van der Waals surface area contributed by atoms with Crippen molar-refractivity contribution in [3.63, 3.8) is 0 Å². The first-order valence-electron chi connectivity index (χ1n) is 6.37. The molecule has 0 aromatic heterocycles. The van der Waals surface area contributed by atoms with E-state index in [0.717, 1.165) is 15.6 Å². The van der Waals surface area contributed by atoms with Crippen molar-refractivity contribution in [3.05, 3.63) is 95.0 Å². The molecule has 0 radical (unpaired) electrons. The van der Waals surface area contributed by atoms with Crippen LogP contribution in [0.15, 0.2) is 83.3 Å². The third-order valence-electron chi connectivity index (χ3n) is 2.75. The molecule has 0 spiro atoms. The summed E-state index contributed by atoms with van der Waals surface area (Å²) >= 11 is 3.18. The predicted molar refractivity (Wildman–Crippen MR) is 85.9 cm³/mol. The largest absolute Gasteiger partial charge is 0.207 e. The van der Waals surface area contributed by atoms with E-state index in [1.165, 1.54) is 24.3 Å². The number of hydrogen-bond acceptors (Lipinski definition) is 0. The average Bonchev–Trinajstić information content (AvgIpc) is 2.52. The first kappa shape index (κ1) is 15.4. The minimum absolute atomic E-state index is 0.195. The van der Waals surface area contributed by atoms with Crippen LogP contribution < -0.4 is 0 Å². The van der Waals surface area contributed by atoms with E-state index in [1.54, 1.807) is 24.3 Å². The van der Waals surface area contributed by atoms with Gasteiger partial charge in [-0.2, -0.15) is 0 Å². The molecular formula is C18H13BrF2. The second-order valence-electron chi connectivity index (χ2n) is 4.31. The van der Waals surface area contributed by atoms with Gasteiger partial charge in [-0.3, -0.25) is 0 Å². The molecule has 106 valence electrons. The highest BCUT2D eigenvalue weighted by atomic mass is 79.9. The number of rotatable bonds is 1. The molecule has 0 heterocycles. The SMILES string of the molecule is Fc1ccc(-c2ccccc2)cc1.Fc1ccc(Br)cc1. The van der Waals surface area contributed by atoms with Crippen molar-refractivity contribution in [3.8, 4) is 11.1 Å². The molecule has 0 amide bonds. The molecule has 3 rings (SSSR count). The third kappa shape index (κ3) is 5.12. The maximum Gasteiger partial charge on any atom is 0.123 e. The third-order valence-corrected chi connectivity index (χ3v) is 3.28. The van der Waals surface area contributed by atoms with Gasteiger partial charge in [-0.05, 0) is 47.5 Å². The Labute approximate surface area is 131 Å². The molecule has 0 bridgehead atoms. The summed E-state index contributed by atoms with van der Waals surface area (Å²) in [6.07, 6.45) is 0. The summed E-state index contributed by atoms with van der Waals surface area (Å²) in [5.41, 5.74) is 2.16. The highest BCUT2D eigenvalue weighted by molar-refractivity contribution is 9.10. The van der Waals surface area contributed by atoms with E-state index < -0.39 is 0 Å². The summed E-state index contributed by atoms with van der Waals surface area (Å²) in [5, 5.41) is 0. The van der Waals surface area contributed by atoms with Gasteiger partial charge in [0.15, 0.2) is 0 Å². The second kappa shape index (κ2) is 7.70. The van der Waals surface area contributed by atoms with Gasteiger partial charge in [-0.25, -0.2) is 8.78 Å². The van der Waals surface area contributed by atoms with Crippen molar-refractivity contribution >= 4 is 15.9 Å². The zero-order valence-corrected chi connectivity index (χ0v) is 12.7. The van der Waals surface area contributed by atoms with Crippen molar-refractivity contribution < 1.29 is 8.78 Å². The monoisotopic (exact) mass is 346 g/mol. The van der Waals surface area contributed by atoms with Crippen LogP contribution in [0.2, 0.25) is 0 Å². The highest BCUT2D eigenvalue weighted by Gasteiger charge is 1.95. The van der Waals surface area contributed by atoms with Crippen LogP contribution in [-0.2, 0) is 0 Å². The Bertz CT molecular complexity index is 641. The molecule has 0 N–H and O–H groups in total. The number of hydrogen-bond donors (Lipinski definition) is 0. The molecule has 0 nitrogen and oxygen atoms in total. The lowest BCUT2D eigenvalue weighted by Crippen LogP contribution is -1.77. The van der Waals surface area contributed by atoms with Gasteiger partial charge >= 0.3 is 0 Å². The molecule has 0 unspecified atom stereocenters. The molecule has 0 saturated heterocycles. The van der Waals surface area contributed by atoms with E-state index >= 15 is 0 Å². The van der Waals surface area contributed by atoms with Crippen molar-refractivity contribution in [1.29, 1.82) is 0 Å². The summed E-state index contributed by atoms with van der Waals surface area (Å²) in [6.45, 7) is 0. The quantitative estimate of drug-likeness (QED) is 0.500. The van der Waals surface area contributed by atoms with E-state index in [2.05, 4.69) is 15.9 Å². The topological polar surface area (TPSA) is 0 Å².